The maximum Gasteiger partial charge on any atom is 0.256 e. The van der Waals surface area contributed by atoms with Crippen molar-refractivity contribution in [2.45, 2.75) is 39.0 Å². The van der Waals surface area contributed by atoms with Gasteiger partial charge < -0.3 is 9.73 Å². The van der Waals surface area contributed by atoms with E-state index in [0.29, 0.717) is 6.04 Å². The summed E-state index contributed by atoms with van der Waals surface area (Å²) in [4.78, 5) is 4.41. The van der Waals surface area contributed by atoms with E-state index in [9.17, 15) is 0 Å². The highest BCUT2D eigenvalue weighted by molar-refractivity contribution is 7.99. The van der Waals surface area contributed by atoms with Crippen LogP contribution in [0.1, 0.15) is 34.2 Å². The molecule has 0 fully saturated rings. The van der Waals surface area contributed by atoms with Crippen molar-refractivity contribution in [2.24, 2.45) is 0 Å². The molecule has 4 heteroatoms. The minimum atomic E-state index is 0.298. The first-order valence-corrected chi connectivity index (χ1v) is 7.81. The van der Waals surface area contributed by atoms with E-state index in [1.807, 2.05) is 20.9 Å². The van der Waals surface area contributed by atoms with Crippen LogP contribution in [0, 0.1) is 27.7 Å². The summed E-state index contributed by atoms with van der Waals surface area (Å²) >= 11 is 1.65. The summed E-state index contributed by atoms with van der Waals surface area (Å²) in [5.74, 6) is 1.80. The van der Waals surface area contributed by atoms with Gasteiger partial charge in [0.1, 0.15) is 5.76 Å². The van der Waals surface area contributed by atoms with E-state index in [1.165, 1.54) is 16.7 Å². The molecule has 108 valence electrons. The lowest BCUT2D eigenvalue weighted by molar-refractivity contribution is 0.430. The zero-order valence-electron chi connectivity index (χ0n) is 12.8. The molecule has 0 saturated carbocycles. The molecule has 0 aliphatic rings. The van der Waals surface area contributed by atoms with E-state index in [0.717, 1.165) is 22.4 Å². The van der Waals surface area contributed by atoms with Gasteiger partial charge in [-0.3, -0.25) is 0 Å². The van der Waals surface area contributed by atoms with E-state index in [2.05, 4.69) is 42.3 Å². The lowest BCUT2D eigenvalue weighted by Crippen LogP contribution is -2.18. The monoisotopic (exact) mass is 290 g/mol. The van der Waals surface area contributed by atoms with Crippen molar-refractivity contribution in [3.8, 4) is 0 Å². The van der Waals surface area contributed by atoms with Gasteiger partial charge in [-0.25, -0.2) is 4.98 Å². The smallest absolute Gasteiger partial charge is 0.256 e. The highest BCUT2D eigenvalue weighted by Gasteiger charge is 2.13. The third-order valence-electron chi connectivity index (χ3n) is 3.66. The molecule has 0 saturated heterocycles. The summed E-state index contributed by atoms with van der Waals surface area (Å²) < 4.78 is 5.61. The zero-order valence-corrected chi connectivity index (χ0v) is 13.6. The van der Waals surface area contributed by atoms with E-state index in [4.69, 9.17) is 4.42 Å². The van der Waals surface area contributed by atoms with Crippen molar-refractivity contribution in [1.29, 1.82) is 0 Å². The topological polar surface area (TPSA) is 38.1 Å². The summed E-state index contributed by atoms with van der Waals surface area (Å²) in [6.07, 6.45) is 0. The van der Waals surface area contributed by atoms with Gasteiger partial charge in [0.05, 0.1) is 5.69 Å². The van der Waals surface area contributed by atoms with Crippen molar-refractivity contribution < 1.29 is 4.42 Å². The van der Waals surface area contributed by atoms with Crippen molar-refractivity contribution in [3.63, 3.8) is 0 Å². The molecule has 1 N–H and O–H groups in total. The Kier molecular flexibility index (Phi) is 4.89. The van der Waals surface area contributed by atoms with Crippen LogP contribution in [0.25, 0.3) is 0 Å². The summed E-state index contributed by atoms with van der Waals surface area (Å²) in [5.41, 5.74) is 4.94. The summed E-state index contributed by atoms with van der Waals surface area (Å²) in [5, 5.41) is 4.12. The standard InChI is InChI=1S/C16H22N2OS/c1-10-6-7-14(8-11(10)2)15(17-5)9-20-16-18-12(3)13(4)19-16/h6-8,15,17H,9H2,1-5H3. The van der Waals surface area contributed by atoms with Crippen molar-refractivity contribution in [1.82, 2.24) is 10.3 Å². The van der Waals surface area contributed by atoms with Crippen LogP contribution in [-0.4, -0.2) is 17.8 Å². The Bertz CT molecular complexity index is 573. The normalized spacial score (nSPS) is 12.7. The highest BCUT2D eigenvalue weighted by atomic mass is 32.2. The Morgan fingerprint density at radius 2 is 1.95 bits per heavy atom. The molecule has 1 atom stereocenters. The Balaban J connectivity index is 2.06. The summed E-state index contributed by atoms with van der Waals surface area (Å²) in [6, 6.07) is 6.92. The van der Waals surface area contributed by atoms with Crippen molar-refractivity contribution in [3.05, 3.63) is 46.3 Å². The first kappa shape index (κ1) is 15.1. The molecular formula is C16H22N2OS. The maximum atomic E-state index is 5.61. The molecule has 1 aromatic heterocycles. The number of nitrogens with zero attached hydrogens (tertiary/aromatic N) is 1. The quantitative estimate of drug-likeness (QED) is 0.846. The lowest BCUT2D eigenvalue weighted by Gasteiger charge is -2.16. The molecule has 1 aromatic carbocycles. The van der Waals surface area contributed by atoms with Gasteiger partial charge in [0, 0.05) is 11.8 Å². The molecular weight excluding hydrogens is 268 g/mol. The molecule has 1 unspecified atom stereocenters. The molecule has 0 spiro atoms. The largest absolute Gasteiger partial charge is 0.437 e. The first-order chi connectivity index (χ1) is 9.51. The highest BCUT2D eigenvalue weighted by Crippen LogP contribution is 2.26. The number of oxazole rings is 1. The molecule has 0 aliphatic heterocycles. The Hall–Kier alpha value is -1.26. The van der Waals surface area contributed by atoms with Crippen LogP contribution in [0.15, 0.2) is 27.8 Å². The van der Waals surface area contributed by atoms with Gasteiger partial charge in [0.25, 0.3) is 5.22 Å². The second-order valence-corrected chi connectivity index (χ2v) is 6.09. The van der Waals surface area contributed by atoms with Crippen LogP contribution in [0.5, 0.6) is 0 Å². The van der Waals surface area contributed by atoms with Gasteiger partial charge >= 0.3 is 0 Å². The average molecular weight is 290 g/mol. The van der Waals surface area contributed by atoms with Crippen LogP contribution in [0.2, 0.25) is 0 Å². The van der Waals surface area contributed by atoms with Crippen molar-refractivity contribution >= 4 is 11.8 Å². The van der Waals surface area contributed by atoms with Gasteiger partial charge in [-0.1, -0.05) is 30.0 Å². The minimum Gasteiger partial charge on any atom is -0.437 e. The van der Waals surface area contributed by atoms with Crippen LogP contribution >= 0.6 is 11.8 Å². The second-order valence-electron chi connectivity index (χ2n) is 5.12. The molecule has 0 radical (unpaired) electrons. The number of thioether (sulfide) groups is 1. The number of benzene rings is 1. The molecule has 0 aliphatic carbocycles. The Labute approximate surface area is 125 Å². The Morgan fingerprint density at radius 3 is 2.50 bits per heavy atom. The van der Waals surface area contributed by atoms with Gasteiger partial charge in [-0.2, -0.15) is 0 Å². The zero-order chi connectivity index (χ0) is 14.7. The minimum absolute atomic E-state index is 0.298. The Morgan fingerprint density at radius 1 is 1.20 bits per heavy atom. The van der Waals surface area contributed by atoms with Gasteiger partial charge in [-0.15, -0.1) is 0 Å². The van der Waals surface area contributed by atoms with Gasteiger partial charge in [0.2, 0.25) is 0 Å². The third kappa shape index (κ3) is 3.44. The number of nitrogens with one attached hydrogen (secondary N) is 1. The van der Waals surface area contributed by atoms with Crippen LogP contribution < -0.4 is 5.32 Å². The molecule has 20 heavy (non-hydrogen) atoms. The lowest BCUT2D eigenvalue weighted by atomic mass is 10.0. The van der Waals surface area contributed by atoms with Gasteiger partial charge in [0.15, 0.2) is 0 Å². The fourth-order valence-corrected chi connectivity index (χ4v) is 3.04. The third-order valence-corrected chi connectivity index (χ3v) is 4.59. The van der Waals surface area contributed by atoms with Crippen LogP contribution in [0.4, 0.5) is 0 Å². The predicted molar refractivity (Wildman–Crippen MR) is 84.4 cm³/mol. The van der Waals surface area contributed by atoms with E-state index >= 15 is 0 Å². The fourth-order valence-electron chi connectivity index (χ4n) is 1.99. The molecule has 3 nitrogen and oxygen atoms in total. The van der Waals surface area contributed by atoms with Gasteiger partial charge in [-0.05, 0) is 51.4 Å². The van der Waals surface area contributed by atoms with E-state index in [1.54, 1.807) is 11.8 Å². The molecule has 2 aromatic rings. The number of aromatic nitrogens is 1. The summed E-state index contributed by atoms with van der Waals surface area (Å²) in [7, 11) is 1.99. The molecule has 1 heterocycles. The number of rotatable bonds is 5. The second kappa shape index (κ2) is 6.46. The SMILES string of the molecule is CNC(CSc1nc(C)c(C)o1)c1ccc(C)c(C)c1. The number of hydrogen-bond donors (Lipinski definition) is 1. The first-order valence-electron chi connectivity index (χ1n) is 6.82. The predicted octanol–water partition coefficient (Wildman–Crippen LogP) is 3.96. The fraction of sp³-hybridized carbons (Fsp3) is 0.438. The molecule has 2 rings (SSSR count). The number of hydrogen-bond acceptors (Lipinski definition) is 4. The molecule has 0 amide bonds. The van der Waals surface area contributed by atoms with Crippen LogP contribution in [0.3, 0.4) is 0 Å². The molecule has 0 bridgehead atoms. The van der Waals surface area contributed by atoms with E-state index in [-0.39, 0.29) is 0 Å². The summed E-state index contributed by atoms with van der Waals surface area (Å²) in [6.45, 7) is 8.22. The van der Waals surface area contributed by atoms with Crippen molar-refractivity contribution in [2.75, 3.05) is 12.8 Å². The number of aryl methyl sites for hydroxylation is 4. The average Bonchev–Trinajstić information content (AvgIpc) is 2.73. The maximum absolute atomic E-state index is 5.61. The van der Waals surface area contributed by atoms with Crippen LogP contribution in [-0.2, 0) is 0 Å². The van der Waals surface area contributed by atoms with E-state index < -0.39 is 0 Å².